The van der Waals surface area contributed by atoms with E-state index in [0.29, 0.717) is 16.7 Å². The molecule has 1 radical (unpaired) electrons. The summed E-state index contributed by atoms with van der Waals surface area (Å²) < 4.78 is 0. The number of carbonyl (C=O) groups excluding carboxylic acids is 3. The molecule has 0 bridgehead atoms. The van der Waals surface area contributed by atoms with Gasteiger partial charge in [-0.05, 0) is 12.1 Å². The average molecular weight is 278 g/mol. The van der Waals surface area contributed by atoms with E-state index < -0.39 is 6.04 Å². The molecule has 1 amide bonds. The van der Waals surface area contributed by atoms with Gasteiger partial charge in [0, 0.05) is 16.7 Å². The highest BCUT2D eigenvalue weighted by Crippen LogP contribution is 2.21. The standard InChI is InChI=1S/C17H12NO3/c19-15-10-14(16(20)13-9-5-4-8-12(13)15)18-17(21)11-6-2-1-3-7-11/h1-10,14H,(H,18,21). The van der Waals surface area contributed by atoms with Crippen molar-refractivity contribution < 1.29 is 14.4 Å². The van der Waals surface area contributed by atoms with Crippen LogP contribution < -0.4 is 5.32 Å². The minimum atomic E-state index is -0.917. The molecular formula is C17H12NO3. The van der Waals surface area contributed by atoms with E-state index in [1.165, 1.54) is 6.42 Å². The summed E-state index contributed by atoms with van der Waals surface area (Å²) in [6, 6.07) is 14.3. The quantitative estimate of drug-likeness (QED) is 0.914. The maximum atomic E-state index is 12.3. The number of hydrogen-bond donors (Lipinski definition) is 1. The largest absolute Gasteiger partial charge is 0.341 e. The highest BCUT2D eigenvalue weighted by atomic mass is 16.2. The van der Waals surface area contributed by atoms with E-state index in [2.05, 4.69) is 5.32 Å². The van der Waals surface area contributed by atoms with Crippen molar-refractivity contribution in [1.29, 1.82) is 0 Å². The smallest absolute Gasteiger partial charge is 0.251 e. The van der Waals surface area contributed by atoms with Crippen molar-refractivity contribution in [1.82, 2.24) is 5.32 Å². The molecule has 1 unspecified atom stereocenters. The zero-order chi connectivity index (χ0) is 14.8. The number of nitrogens with one attached hydrogen (secondary N) is 1. The molecule has 0 saturated heterocycles. The molecule has 4 nitrogen and oxygen atoms in total. The lowest BCUT2D eigenvalue weighted by atomic mass is 9.86. The topological polar surface area (TPSA) is 63.2 Å². The van der Waals surface area contributed by atoms with Gasteiger partial charge < -0.3 is 5.32 Å². The first-order valence-electron chi connectivity index (χ1n) is 6.55. The number of Topliss-reactive ketones (excluding diaryl/α,β-unsaturated/α-hetero) is 2. The fourth-order valence-electron chi connectivity index (χ4n) is 2.32. The predicted molar refractivity (Wildman–Crippen MR) is 77.1 cm³/mol. The minimum absolute atomic E-state index is 0.247. The Morgan fingerprint density at radius 3 is 2.19 bits per heavy atom. The normalized spacial score (nSPS) is 17.2. The van der Waals surface area contributed by atoms with Gasteiger partial charge in [-0.1, -0.05) is 42.5 Å². The van der Waals surface area contributed by atoms with E-state index in [4.69, 9.17) is 0 Å². The molecule has 2 aromatic rings. The lowest BCUT2D eigenvalue weighted by Crippen LogP contribution is -2.45. The van der Waals surface area contributed by atoms with Gasteiger partial charge in [0.15, 0.2) is 11.6 Å². The van der Waals surface area contributed by atoms with E-state index >= 15 is 0 Å². The third-order valence-corrected chi connectivity index (χ3v) is 3.38. The summed E-state index contributed by atoms with van der Waals surface area (Å²) in [5.41, 5.74) is 1.18. The molecule has 1 atom stereocenters. The number of benzene rings is 2. The molecule has 4 heteroatoms. The summed E-state index contributed by atoms with van der Waals surface area (Å²) in [6.45, 7) is 0. The molecule has 0 spiro atoms. The maximum Gasteiger partial charge on any atom is 0.251 e. The molecule has 2 aromatic carbocycles. The van der Waals surface area contributed by atoms with Crippen molar-refractivity contribution in [3.05, 3.63) is 77.7 Å². The van der Waals surface area contributed by atoms with Crippen LogP contribution in [0.5, 0.6) is 0 Å². The zero-order valence-electron chi connectivity index (χ0n) is 11.1. The minimum Gasteiger partial charge on any atom is -0.341 e. The van der Waals surface area contributed by atoms with Crippen molar-refractivity contribution in [2.24, 2.45) is 0 Å². The maximum absolute atomic E-state index is 12.3. The molecule has 1 N–H and O–H groups in total. The fraction of sp³-hybridized carbons (Fsp3) is 0.0588. The summed E-state index contributed by atoms with van der Waals surface area (Å²) in [5.74, 6) is -0.893. The summed E-state index contributed by atoms with van der Waals surface area (Å²) in [5, 5.41) is 2.59. The van der Waals surface area contributed by atoms with Crippen LogP contribution in [0.1, 0.15) is 31.1 Å². The Balaban J connectivity index is 1.84. The second kappa shape index (κ2) is 5.32. The first kappa shape index (κ1) is 13.2. The van der Waals surface area contributed by atoms with Gasteiger partial charge in [-0.3, -0.25) is 14.4 Å². The van der Waals surface area contributed by atoms with Gasteiger partial charge in [0.05, 0.1) is 6.42 Å². The molecule has 0 fully saturated rings. The Morgan fingerprint density at radius 1 is 0.857 bits per heavy atom. The second-order valence-corrected chi connectivity index (χ2v) is 4.76. The lowest BCUT2D eigenvalue weighted by molar-refractivity contribution is 0.0843. The molecule has 0 saturated carbocycles. The van der Waals surface area contributed by atoms with Gasteiger partial charge >= 0.3 is 0 Å². The van der Waals surface area contributed by atoms with Crippen LogP contribution in [0, 0.1) is 6.42 Å². The molecule has 1 aliphatic carbocycles. The first-order valence-corrected chi connectivity index (χ1v) is 6.55. The Kier molecular flexibility index (Phi) is 3.36. The summed E-state index contributed by atoms with van der Waals surface area (Å²) >= 11 is 0. The molecule has 0 aliphatic heterocycles. The first-order chi connectivity index (χ1) is 10.2. The number of hydrogen-bond acceptors (Lipinski definition) is 3. The molecule has 0 heterocycles. The molecule has 3 rings (SSSR count). The van der Waals surface area contributed by atoms with Crippen LogP contribution in [0.15, 0.2) is 54.6 Å². The van der Waals surface area contributed by atoms with Crippen LogP contribution in [-0.4, -0.2) is 23.5 Å². The lowest BCUT2D eigenvalue weighted by Gasteiger charge is -2.22. The van der Waals surface area contributed by atoms with Gasteiger partial charge in [0.2, 0.25) is 0 Å². The van der Waals surface area contributed by atoms with Crippen molar-refractivity contribution in [3.8, 4) is 0 Å². The summed E-state index contributed by atoms with van der Waals surface area (Å²) in [7, 11) is 0. The number of carbonyl (C=O) groups is 3. The summed E-state index contributed by atoms with van der Waals surface area (Å²) in [4.78, 5) is 36.4. The van der Waals surface area contributed by atoms with Crippen molar-refractivity contribution >= 4 is 17.5 Å². The third kappa shape index (κ3) is 2.48. The van der Waals surface area contributed by atoms with Crippen LogP contribution in [0.4, 0.5) is 0 Å². The Bertz CT molecular complexity index is 722. The van der Waals surface area contributed by atoms with Crippen LogP contribution >= 0.6 is 0 Å². The van der Waals surface area contributed by atoms with Gasteiger partial charge in [-0.25, -0.2) is 0 Å². The van der Waals surface area contributed by atoms with Gasteiger partial charge in [0.25, 0.3) is 5.91 Å². The molecule has 103 valence electrons. The van der Waals surface area contributed by atoms with Crippen LogP contribution in [0.25, 0.3) is 0 Å². The number of rotatable bonds is 2. The monoisotopic (exact) mass is 278 g/mol. The summed E-state index contributed by atoms with van der Waals surface area (Å²) in [6.07, 6.45) is 1.26. The predicted octanol–water partition coefficient (Wildman–Crippen LogP) is 2.07. The van der Waals surface area contributed by atoms with Crippen LogP contribution in [0.2, 0.25) is 0 Å². The Labute approximate surface area is 121 Å². The Morgan fingerprint density at radius 2 is 1.48 bits per heavy atom. The van der Waals surface area contributed by atoms with Crippen LogP contribution in [-0.2, 0) is 0 Å². The van der Waals surface area contributed by atoms with Crippen molar-refractivity contribution in [2.75, 3.05) is 0 Å². The third-order valence-electron chi connectivity index (χ3n) is 3.38. The van der Waals surface area contributed by atoms with Gasteiger partial charge in [-0.15, -0.1) is 0 Å². The van der Waals surface area contributed by atoms with E-state index in [0.717, 1.165) is 0 Å². The molecular weight excluding hydrogens is 266 g/mol. The highest BCUT2D eigenvalue weighted by molar-refractivity contribution is 6.21. The van der Waals surface area contributed by atoms with E-state index in [-0.39, 0.29) is 17.5 Å². The van der Waals surface area contributed by atoms with Gasteiger partial charge in [-0.2, -0.15) is 0 Å². The van der Waals surface area contributed by atoms with E-state index in [1.54, 1.807) is 54.6 Å². The zero-order valence-corrected chi connectivity index (χ0v) is 11.1. The Hall–Kier alpha value is -2.75. The van der Waals surface area contributed by atoms with E-state index in [1.807, 2.05) is 0 Å². The molecule has 0 aromatic heterocycles. The molecule has 21 heavy (non-hydrogen) atoms. The van der Waals surface area contributed by atoms with Crippen molar-refractivity contribution in [3.63, 3.8) is 0 Å². The average Bonchev–Trinajstić information content (AvgIpc) is 2.53. The second-order valence-electron chi connectivity index (χ2n) is 4.76. The number of amides is 1. The highest BCUT2D eigenvalue weighted by Gasteiger charge is 2.33. The van der Waals surface area contributed by atoms with E-state index in [9.17, 15) is 14.4 Å². The fourth-order valence-corrected chi connectivity index (χ4v) is 2.32. The van der Waals surface area contributed by atoms with Gasteiger partial charge in [0.1, 0.15) is 6.04 Å². The SMILES string of the molecule is O=C(NC1[CH]C(=O)c2ccccc2C1=O)c1ccccc1. The molecule has 1 aliphatic rings. The number of fused-ring (bicyclic) bond motifs is 1. The van der Waals surface area contributed by atoms with Crippen LogP contribution in [0.3, 0.4) is 0 Å². The number of ketones is 2. The van der Waals surface area contributed by atoms with Crippen molar-refractivity contribution in [2.45, 2.75) is 6.04 Å².